The molecular weight excluding hydrogens is 362 g/mol. The smallest absolute Gasteiger partial charge is 0.257 e. The van der Waals surface area contributed by atoms with Gasteiger partial charge in [0.25, 0.3) is 5.91 Å². The van der Waals surface area contributed by atoms with Crippen molar-refractivity contribution in [2.75, 3.05) is 16.4 Å². The van der Waals surface area contributed by atoms with E-state index >= 15 is 0 Å². The minimum atomic E-state index is -0.187. The predicted octanol–water partition coefficient (Wildman–Crippen LogP) is 4.72. The second-order valence-corrected chi connectivity index (χ2v) is 6.40. The van der Waals surface area contributed by atoms with Crippen LogP contribution in [0, 0.1) is 0 Å². The van der Waals surface area contributed by atoms with Crippen LogP contribution in [0.4, 0.5) is 23.0 Å². The molecule has 0 bridgehead atoms. The van der Waals surface area contributed by atoms with Gasteiger partial charge in [-0.2, -0.15) is 0 Å². The van der Waals surface area contributed by atoms with E-state index < -0.39 is 0 Å². The molecule has 4 aromatic rings. The van der Waals surface area contributed by atoms with E-state index in [-0.39, 0.29) is 11.9 Å². The maximum atomic E-state index is 12.8. The largest absolute Gasteiger partial charge is 0.368 e. The third kappa shape index (κ3) is 4.39. The first-order chi connectivity index (χ1) is 14.2. The van der Waals surface area contributed by atoms with Crippen molar-refractivity contribution in [1.29, 1.82) is 0 Å². The highest BCUT2D eigenvalue weighted by atomic mass is 16.1. The van der Waals surface area contributed by atoms with Crippen LogP contribution >= 0.6 is 0 Å². The van der Waals surface area contributed by atoms with Crippen molar-refractivity contribution in [1.82, 2.24) is 9.97 Å². The van der Waals surface area contributed by atoms with Crippen LogP contribution in [0.5, 0.6) is 0 Å². The molecule has 0 aliphatic rings. The van der Waals surface area contributed by atoms with E-state index in [0.717, 1.165) is 22.5 Å². The predicted molar refractivity (Wildman–Crippen MR) is 116 cm³/mol. The zero-order valence-electron chi connectivity index (χ0n) is 15.5. The standard InChI is InChI=1S/C23H19N5O/c24-23-25-14-17(15-26-23)16-10-12-19(13-11-16)28-22(29)20-8-4-5-9-21(20)27-18-6-2-1-3-7-18/h1-15,27H,(H,28,29)(H2,24,25,26). The molecule has 0 atom stereocenters. The first-order valence-electron chi connectivity index (χ1n) is 9.09. The summed E-state index contributed by atoms with van der Waals surface area (Å²) in [4.78, 5) is 20.8. The number of amides is 1. The molecule has 0 radical (unpaired) electrons. The lowest BCUT2D eigenvalue weighted by Crippen LogP contribution is -2.13. The summed E-state index contributed by atoms with van der Waals surface area (Å²) in [5, 5.41) is 6.23. The lowest BCUT2D eigenvalue weighted by molar-refractivity contribution is 0.102. The monoisotopic (exact) mass is 381 g/mol. The van der Waals surface area contributed by atoms with Gasteiger partial charge in [0, 0.05) is 29.3 Å². The number of hydrogen-bond donors (Lipinski definition) is 3. The van der Waals surface area contributed by atoms with Crippen LogP contribution in [0.3, 0.4) is 0 Å². The number of nitrogens with zero attached hydrogens (tertiary/aromatic N) is 2. The summed E-state index contributed by atoms with van der Waals surface area (Å²) in [6, 6.07) is 24.6. The molecule has 1 heterocycles. The summed E-state index contributed by atoms with van der Waals surface area (Å²) in [5.41, 5.74) is 10.2. The number of nitrogens with one attached hydrogen (secondary N) is 2. The van der Waals surface area contributed by atoms with Crippen LogP contribution < -0.4 is 16.4 Å². The maximum Gasteiger partial charge on any atom is 0.257 e. The van der Waals surface area contributed by atoms with Gasteiger partial charge in [0.15, 0.2) is 0 Å². The Morgan fingerprint density at radius 2 is 1.38 bits per heavy atom. The van der Waals surface area contributed by atoms with E-state index in [4.69, 9.17) is 5.73 Å². The molecule has 1 aromatic heterocycles. The van der Waals surface area contributed by atoms with Crippen molar-refractivity contribution < 1.29 is 4.79 Å². The molecule has 0 saturated carbocycles. The Morgan fingerprint density at radius 3 is 2.10 bits per heavy atom. The van der Waals surface area contributed by atoms with Gasteiger partial charge in [0.2, 0.25) is 5.95 Å². The highest BCUT2D eigenvalue weighted by Crippen LogP contribution is 2.23. The molecule has 0 spiro atoms. The van der Waals surface area contributed by atoms with E-state index in [0.29, 0.717) is 11.3 Å². The van der Waals surface area contributed by atoms with Gasteiger partial charge >= 0.3 is 0 Å². The SMILES string of the molecule is Nc1ncc(-c2ccc(NC(=O)c3ccccc3Nc3ccccc3)cc2)cn1. The Morgan fingerprint density at radius 1 is 0.724 bits per heavy atom. The molecule has 6 heteroatoms. The number of carbonyl (C=O) groups is 1. The number of carbonyl (C=O) groups excluding carboxylic acids is 1. The minimum Gasteiger partial charge on any atom is -0.368 e. The van der Waals surface area contributed by atoms with E-state index in [1.165, 1.54) is 0 Å². The van der Waals surface area contributed by atoms with Crippen molar-refractivity contribution in [3.63, 3.8) is 0 Å². The second kappa shape index (κ2) is 8.22. The third-order valence-corrected chi connectivity index (χ3v) is 4.37. The quantitative estimate of drug-likeness (QED) is 0.465. The first-order valence-corrected chi connectivity index (χ1v) is 9.09. The van der Waals surface area contributed by atoms with Gasteiger partial charge in [0.05, 0.1) is 11.3 Å². The molecule has 29 heavy (non-hydrogen) atoms. The first kappa shape index (κ1) is 18.2. The van der Waals surface area contributed by atoms with Gasteiger partial charge in [0.1, 0.15) is 0 Å². The summed E-state index contributed by atoms with van der Waals surface area (Å²) in [5.74, 6) is 0.0491. The Hall–Kier alpha value is -4.19. The third-order valence-electron chi connectivity index (χ3n) is 4.37. The summed E-state index contributed by atoms with van der Waals surface area (Å²) in [6.07, 6.45) is 3.34. The fourth-order valence-corrected chi connectivity index (χ4v) is 2.90. The fourth-order valence-electron chi connectivity index (χ4n) is 2.90. The number of aromatic nitrogens is 2. The molecular formula is C23H19N5O. The van der Waals surface area contributed by atoms with Crippen molar-refractivity contribution in [3.8, 4) is 11.1 Å². The number of benzene rings is 3. The molecule has 4 rings (SSSR count). The Labute approximate surface area is 168 Å². The van der Waals surface area contributed by atoms with Gasteiger partial charge in [-0.15, -0.1) is 0 Å². The van der Waals surface area contributed by atoms with Crippen LogP contribution in [0.2, 0.25) is 0 Å². The molecule has 6 nitrogen and oxygen atoms in total. The van der Waals surface area contributed by atoms with E-state index in [1.54, 1.807) is 18.5 Å². The van der Waals surface area contributed by atoms with Crippen LogP contribution in [-0.2, 0) is 0 Å². The Balaban J connectivity index is 1.50. The van der Waals surface area contributed by atoms with Crippen molar-refractivity contribution in [2.24, 2.45) is 0 Å². The van der Waals surface area contributed by atoms with Crippen LogP contribution in [-0.4, -0.2) is 15.9 Å². The lowest BCUT2D eigenvalue weighted by Gasteiger charge is -2.12. The Bertz CT molecular complexity index is 1110. The van der Waals surface area contributed by atoms with Gasteiger partial charge in [-0.1, -0.05) is 42.5 Å². The molecule has 1 amide bonds. The number of anilines is 4. The van der Waals surface area contributed by atoms with Gasteiger partial charge in [-0.3, -0.25) is 4.79 Å². The number of nitrogen functional groups attached to an aromatic ring is 1. The number of nitrogens with two attached hydrogens (primary N) is 1. The number of hydrogen-bond acceptors (Lipinski definition) is 5. The van der Waals surface area contributed by atoms with Crippen LogP contribution in [0.25, 0.3) is 11.1 Å². The van der Waals surface area contributed by atoms with E-state index in [1.807, 2.05) is 72.8 Å². The number of para-hydroxylation sites is 2. The van der Waals surface area contributed by atoms with E-state index in [2.05, 4.69) is 20.6 Å². The number of rotatable bonds is 5. The molecule has 3 aromatic carbocycles. The minimum absolute atomic E-state index is 0.187. The molecule has 0 unspecified atom stereocenters. The Kier molecular flexibility index (Phi) is 5.16. The zero-order valence-corrected chi connectivity index (χ0v) is 15.5. The van der Waals surface area contributed by atoms with Crippen molar-refractivity contribution >= 4 is 28.9 Å². The van der Waals surface area contributed by atoms with Crippen LogP contribution in [0.15, 0.2) is 91.3 Å². The topological polar surface area (TPSA) is 92.9 Å². The second-order valence-electron chi connectivity index (χ2n) is 6.40. The zero-order chi connectivity index (χ0) is 20.1. The van der Waals surface area contributed by atoms with Crippen molar-refractivity contribution in [3.05, 3.63) is 96.8 Å². The van der Waals surface area contributed by atoms with Gasteiger partial charge in [-0.05, 0) is 42.0 Å². The molecule has 0 fully saturated rings. The molecule has 0 saturated heterocycles. The van der Waals surface area contributed by atoms with Crippen LogP contribution in [0.1, 0.15) is 10.4 Å². The molecule has 142 valence electrons. The van der Waals surface area contributed by atoms with Gasteiger partial charge in [-0.25, -0.2) is 9.97 Å². The normalized spacial score (nSPS) is 10.3. The highest BCUT2D eigenvalue weighted by Gasteiger charge is 2.11. The summed E-state index contributed by atoms with van der Waals surface area (Å²) >= 11 is 0. The highest BCUT2D eigenvalue weighted by molar-refractivity contribution is 6.08. The summed E-state index contributed by atoms with van der Waals surface area (Å²) < 4.78 is 0. The molecule has 0 aliphatic carbocycles. The average molecular weight is 381 g/mol. The average Bonchev–Trinajstić information content (AvgIpc) is 2.76. The summed E-state index contributed by atoms with van der Waals surface area (Å²) in [7, 11) is 0. The van der Waals surface area contributed by atoms with Gasteiger partial charge < -0.3 is 16.4 Å². The maximum absolute atomic E-state index is 12.8. The summed E-state index contributed by atoms with van der Waals surface area (Å²) in [6.45, 7) is 0. The fraction of sp³-hybridized carbons (Fsp3) is 0. The molecule has 0 aliphatic heterocycles. The van der Waals surface area contributed by atoms with Crippen molar-refractivity contribution in [2.45, 2.75) is 0 Å². The lowest BCUT2D eigenvalue weighted by atomic mass is 10.1. The molecule has 4 N–H and O–H groups in total. The van der Waals surface area contributed by atoms with E-state index in [9.17, 15) is 4.79 Å².